The average Bonchev–Trinajstić information content (AvgIpc) is 3.34. The summed E-state index contributed by atoms with van der Waals surface area (Å²) in [6.07, 6.45) is 80.8. The lowest BCUT2D eigenvalue weighted by Gasteiger charge is -2.18. The smallest absolute Gasteiger partial charge is 0.306 e. The maximum Gasteiger partial charge on any atom is 0.306 e. The van der Waals surface area contributed by atoms with Crippen LogP contribution in [0.5, 0.6) is 0 Å². The Balaban J connectivity index is 4.41. The van der Waals surface area contributed by atoms with Crippen molar-refractivity contribution in [3.63, 3.8) is 0 Å². The summed E-state index contributed by atoms with van der Waals surface area (Å²) in [6, 6.07) is 0. The van der Waals surface area contributed by atoms with Crippen LogP contribution in [0.15, 0.2) is 122 Å². The van der Waals surface area contributed by atoms with Gasteiger partial charge in [-0.05, 0) is 128 Å². The van der Waals surface area contributed by atoms with E-state index in [2.05, 4.69) is 142 Å². The minimum Gasteiger partial charge on any atom is -0.462 e. The largest absolute Gasteiger partial charge is 0.462 e. The molecule has 5 nitrogen and oxygen atoms in total. The first kappa shape index (κ1) is 64.3. The molecule has 0 aliphatic rings. The van der Waals surface area contributed by atoms with Gasteiger partial charge in [0.25, 0.3) is 0 Å². The van der Waals surface area contributed by atoms with E-state index < -0.39 is 6.10 Å². The quantitative estimate of drug-likeness (QED) is 0.0345. The predicted octanol–water partition coefficient (Wildman–Crippen LogP) is 19.3. The molecule has 0 radical (unpaired) electrons. The monoisotopic (exact) mass is 941 g/mol. The normalized spacial score (nSPS) is 13.2. The molecule has 0 amide bonds. The van der Waals surface area contributed by atoms with E-state index in [-0.39, 0.29) is 25.2 Å². The van der Waals surface area contributed by atoms with Gasteiger partial charge in [0, 0.05) is 19.4 Å². The molecular formula is C63H104O5. The van der Waals surface area contributed by atoms with Crippen molar-refractivity contribution in [1.29, 1.82) is 0 Å². The highest BCUT2D eigenvalue weighted by molar-refractivity contribution is 5.70. The van der Waals surface area contributed by atoms with Crippen LogP contribution in [0, 0.1) is 0 Å². The van der Waals surface area contributed by atoms with Crippen LogP contribution >= 0.6 is 0 Å². The highest BCUT2D eigenvalue weighted by atomic mass is 16.6. The van der Waals surface area contributed by atoms with Crippen LogP contribution in [-0.2, 0) is 23.8 Å². The lowest BCUT2D eigenvalue weighted by Crippen LogP contribution is -2.30. The van der Waals surface area contributed by atoms with Crippen molar-refractivity contribution >= 4 is 11.9 Å². The van der Waals surface area contributed by atoms with E-state index in [1.807, 2.05) is 0 Å². The molecule has 386 valence electrons. The Morgan fingerprint density at radius 3 is 1.10 bits per heavy atom. The number of esters is 2. The van der Waals surface area contributed by atoms with Gasteiger partial charge in [0.15, 0.2) is 6.10 Å². The van der Waals surface area contributed by atoms with E-state index >= 15 is 0 Å². The maximum absolute atomic E-state index is 12.8. The van der Waals surface area contributed by atoms with Gasteiger partial charge >= 0.3 is 11.9 Å². The number of hydrogen-bond acceptors (Lipinski definition) is 5. The number of hydrogen-bond donors (Lipinski definition) is 0. The highest BCUT2D eigenvalue weighted by Crippen LogP contribution is 2.14. The second kappa shape index (κ2) is 57.6. The molecular weight excluding hydrogens is 837 g/mol. The molecule has 0 aromatic carbocycles. The Kier molecular flexibility index (Phi) is 54.5. The molecule has 0 rings (SSSR count). The third-order valence-corrected chi connectivity index (χ3v) is 11.5. The molecule has 5 heteroatoms. The van der Waals surface area contributed by atoms with Gasteiger partial charge in [-0.3, -0.25) is 9.59 Å². The number of carbonyl (C=O) groups excluding carboxylic acids is 2. The van der Waals surface area contributed by atoms with Gasteiger partial charge in [-0.1, -0.05) is 219 Å². The zero-order valence-corrected chi connectivity index (χ0v) is 44.3. The highest BCUT2D eigenvalue weighted by Gasteiger charge is 2.17. The van der Waals surface area contributed by atoms with Crippen molar-refractivity contribution in [2.24, 2.45) is 0 Å². The molecule has 0 spiro atoms. The van der Waals surface area contributed by atoms with E-state index in [9.17, 15) is 9.59 Å². The lowest BCUT2D eigenvalue weighted by atomic mass is 10.1. The molecule has 0 aliphatic carbocycles. The Hall–Kier alpha value is -3.70. The minimum absolute atomic E-state index is 0.0431. The summed E-state index contributed by atoms with van der Waals surface area (Å²) in [6.45, 7) is 7.45. The fourth-order valence-electron chi connectivity index (χ4n) is 7.34. The Bertz CT molecular complexity index is 1390. The van der Waals surface area contributed by atoms with Crippen LogP contribution < -0.4 is 0 Å². The number of carbonyl (C=O) groups is 2. The first-order valence-corrected chi connectivity index (χ1v) is 28.1. The molecule has 0 aromatic rings. The summed E-state index contributed by atoms with van der Waals surface area (Å²) in [4.78, 5) is 25.5. The molecule has 1 atom stereocenters. The Labute approximate surface area is 420 Å². The molecule has 0 bridgehead atoms. The van der Waals surface area contributed by atoms with Gasteiger partial charge in [-0.2, -0.15) is 0 Å². The molecule has 68 heavy (non-hydrogen) atoms. The van der Waals surface area contributed by atoms with Crippen molar-refractivity contribution in [3.8, 4) is 0 Å². The molecule has 0 aromatic heterocycles. The predicted molar refractivity (Wildman–Crippen MR) is 297 cm³/mol. The molecule has 0 saturated carbocycles. The average molecular weight is 942 g/mol. The Morgan fingerprint density at radius 1 is 0.338 bits per heavy atom. The van der Waals surface area contributed by atoms with E-state index in [1.54, 1.807) is 0 Å². The van der Waals surface area contributed by atoms with Crippen molar-refractivity contribution in [2.75, 3.05) is 19.8 Å². The first-order valence-electron chi connectivity index (χ1n) is 28.1. The third-order valence-electron chi connectivity index (χ3n) is 11.5. The van der Waals surface area contributed by atoms with Crippen LogP contribution in [0.25, 0.3) is 0 Å². The van der Waals surface area contributed by atoms with Crippen molar-refractivity contribution < 1.29 is 23.8 Å². The van der Waals surface area contributed by atoms with Crippen molar-refractivity contribution in [3.05, 3.63) is 122 Å². The zero-order chi connectivity index (χ0) is 49.2. The molecule has 0 heterocycles. The van der Waals surface area contributed by atoms with Crippen LogP contribution in [0.4, 0.5) is 0 Å². The maximum atomic E-state index is 12.8. The SMILES string of the molecule is CC/C=C\C/C=C\C/C=C\C/C=C\C/C=C\CCCCOCC(COC(=O)CCCCCCCCCCC/C=C\CCCCCCCC)OC(=O)CCCC/C=C\C/C=C\C/C=C\C/C=C\CC. The number of allylic oxidation sites excluding steroid dienone is 20. The second-order valence-corrected chi connectivity index (χ2v) is 18.1. The zero-order valence-electron chi connectivity index (χ0n) is 44.3. The van der Waals surface area contributed by atoms with E-state index in [1.165, 1.54) is 89.9 Å². The van der Waals surface area contributed by atoms with Gasteiger partial charge < -0.3 is 14.2 Å². The van der Waals surface area contributed by atoms with Crippen molar-refractivity contribution in [1.82, 2.24) is 0 Å². The number of ether oxygens (including phenoxy) is 3. The van der Waals surface area contributed by atoms with Crippen LogP contribution in [0.1, 0.15) is 239 Å². The summed E-state index contributed by atoms with van der Waals surface area (Å²) < 4.78 is 17.4. The summed E-state index contributed by atoms with van der Waals surface area (Å²) in [7, 11) is 0. The summed E-state index contributed by atoms with van der Waals surface area (Å²) in [5.74, 6) is -0.476. The van der Waals surface area contributed by atoms with Gasteiger partial charge in [0.1, 0.15) is 6.61 Å². The fourth-order valence-corrected chi connectivity index (χ4v) is 7.34. The van der Waals surface area contributed by atoms with E-state index in [4.69, 9.17) is 14.2 Å². The third kappa shape index (κ3) is 54.9. The van der Waals surface area contributed by atoms with Crippen LogP contribution in [-0.4, -0.2) is 37.9 Å². The lowest BCUT2D eigenvalue weighted by molar-refractivity contribution is -0.163. The molecule has 0 N–H and O–H groups in total. The van der Waals surface area contributed by atoms with Gasteiger partial charge in [0.2, 0.25) is 0 Å². The standard InChI is InChI=1S/C63H104O5/c1-4-7-10-13-16-19-22-25-28-30-32-33-36-38-41-44-47-50-53-56-62(64)67-60-61(68-63(65)57-54-51-48-45-42-39-35-27-24-21-18-15-12-9-6-3)59-66-58-55-52-49-46-43-40-37-34-31-29-26-23-20-17-14-11-8-5-2/h8-9,11-12,17-18,20-21,25-29,34-35,37,42-43,45-46,61H,4-7,10,13-16,19,22-24,30-33,36,38-41,44,47-60H2,1-3H3/b11-8-,12-9-,20-17-,21-18-,28-25-,29-26-,35-27-,37-34-,45-42-,46-43-. The Morgan fingerprint density at radius 2 is 0.662 bits per heavy atom. The van der Waals surface area contributed by atoms with Crippen LogP contribution in [0.3, 0.4) is 0 Å². The molecule has 0 saturated heterocycles. The van der Waals surface area contributed by atoms with Gasteiger partial charge in [-0.15, -0.1) is 0 Å². The molecule has 0 fully saturated rings. The van der Waals surface area contributed by atoms with E-state index in [0.29, 0.717) is 19.4 Å². The van der Waals surface area contributed by atoms with Crippen molar-refractivity contribution in [2.45, 2.75) is 245 Å². The van der Waals surface area contributed by atoms with Gasteiger partial charge in [-0.25, -0.2) is 0 Å². The summed E-state index contributed by atoms with van der Waals surface area (Å²) in [5, 5.41) is 0. The first-order chi connectivity index (χ1) is 33.6. The number of unbranched alkanes of at least 4 members (excludes halogenated alkanes) is 19. The fraction of sp³-hybridized carbons (Fsp3) is 0.651. The topological polar surface area (TPSA) is 61.8 Å². The van der Waals surface area contributed by atoms with Gasteiger partial charge in [0.05, 0.1) is 6.61 Å². The summed E-state index contributed by atoms with van der Waals surface area (Å²) >= 11 is 0. The number of rotatable bonds is 50. The second-order valence-electron chi connectivity index (χ2n) is 18.1. The molecule has 1 unspecified atom stereocenters. The van der Waals surface area contributed by atoms with E-state index in [0.717, 1.165) is 116 Å². The van der Waals surface area contributed by atoms with Crippen LogP contribution in [0.2, 0.25) is 0 Å². The summed E-state index contributed by atoms with van der Waals surface area (Å²) in [5.41, 5.74) is 0. The minimum atomic E-state index is -0.590. The molecule has 0 aliphatic heterocycles.